The minimum absolute atomic E-state index is 0.227. The molecule has 0 unspecified atom stereocenters. The molecule has 0 heterocycles. The number of ether oxygens (including phenoxy) is 1. The Morgan fingerprint density at radius 3 is 2.43 bits per heavy atom. The van der Waals surface area contributed by atoms with Gasteiger partial charge in [-0.15, -0.1) is 25.3 Å². The van der Waals surface area contributed by atoms with Crippen LogP contribution < -0.4 is 0 Å². The summed E-state index contributed by atoms with van der Waals surface area (Å²) in [5.74, 6) is -0.410. The van der Waals surface area contributed by atoms with Gasteiger partial charge in [-0.1, -0.05) is 6.42 Å². The molecule has 0 aromatic rings. The van der Waals surface area contributed by atoms with E-state index in [1.54, 1.807) is 0 Å². The van der Waals surface area contributed by atoms with Gasteiger partial charge < -0.3 is 9.84 Å². The first-order valence-corrected chi connectivity index (χ1v) is 5.43. The van der Waals surface area contributed by atoms with E-state index in [4.69, 9.17) is 9.84 Å². The average molecular weight is 236 g/mol. The maximum Gasteiger partial charge on any atom is 0.332 e. The van der Waals surface area contributed by atoms with E-state index in [1.165, 1.54) is 6.08 Å². The number of carbonyl (C=O) groups excluding carboxylic acids is 1. The highest BCUT2D eigenvalue weighted by Gasteiger charge is 1.97. The fourth-order valence-electron chi connectivity index (χ4n) is 0.887. The van der Waals surface area contributed by atoms with Crippen molar-refractivity contribution < 1.29 is 14.6 Å². The summed E-state index contributed by atoms with van der Waals surface area (Å²) >= 11 is 7.65. The third kappa shape index (κ3) is 9.95. The van der Waals surface area contributed by atoms with Crippen LogP contribution in [0.3, 0.4) is 0 Å². The van der Waals surface area contributed by atoms with Gasteiger partial charge in [0.05, 0.1) is 6.61 Å². The Balaban J connectivity index is 3.28. The van der Waals surface area contributed by atoms with Crippen LogP contribution in [-0.4, -0.2) is 24.3 Å². The van der Waals surface area contributed by atoms with E-state index in [0.717, 1.165) is 25.7 Å². The first kappa shape index (κ1) is 13.9. The van der Waals surface area contributed by atoms with Crippen LogP contribution in [0.2, 0.25) is 0 Å². The molecule has 14 heavy (non-hydrogen) atoms. The molecule has 0 fully saturated rings. The molecular weight excluding hydrogens is 220 g/mol. The van der Waals surface area contributed by atoms with Crippen LogP contribution >= 0.6 is 25.3 Å². The predicted octanol–water partition coefficient (Wildman–Crippen LogP) is 1.78. The molecule has 82 valence electrons. The lowest BCUT2D eigenvalue weighted by Gasteiger charge is -2.01. The van der Waals surface area contributed by atoms with Crippen molar-refractivity contribution >= 4 is 31.2 Å². The molecule has 0 aromatic carbocycles. The molecule has 0 aromatic heterocycles. The van der Waals surface area contributed by atoms with E-state index in [-0.39, 0.29) is 6.61 Å². The van der Waals surface area contributed by atoms with Crippen LogP contribution in [0.5, 0.6) is 0 Å². The Morgan fingerprint density at radius 2 is 1.86 bits per heavy atom. The van der Waals surface area contributed by atoms with Gasteiger partial charge >= 0.3 is 5.97 Å². The number of rotatable bonds is 7. The predicted molar refractivity (Wildman–Crippen MR) is 62.6 cm³/mol. The summed E-state index contributed by atoms with van der Waals surface area (Å²) in [6, 6.07) is 0. The number of carbonyl (C=O) groups is 1. The summed E-state index contributed by atoms with van der Waals surface area (Å²) in [6.45, 7) is 0.640. The number of unbranched alkanes of at least 4 members (excludes halogenated alkanes) is 3. The topological polar surface area (TPSA) is 46.5 Å². The van der Waals surface area contributed by atoms with Gasteiger partial charge in [-0.3, -0.25) is 0 Å². The van der Waals surface area contributed by atoms with Crippen molar-refractivity contribution in [3.63, 3.8) is 0 Å². The molecule has 0 rings (SSSR count). The van der Waals surface area contributed by atoms with Gasteiger partial charge in [0.1, 0.15) is 0 Å². The van der Waals surface area contributed by atoms with Gasteiger partial charge in [0.2, 0.25) is 0 Å². The van der Waals surface area contributed by atoms with E-state index < -0.39 is 5.97 Å². The molecule has 0 aliphatic heterocycles. The van der Waals surface area contributed by atoms with Gasteiger partial charge in [0.25, 0.3) is 0 Å². The lowest BCUT2D eigenvalue weighted by atomic mass is 10.2. The molecular formula is C9H16O3S2. The minimum atomic E-state index is -0.410. The maximum absolute atomic E-state index is 10.9. The number of aliphatic hydroxyl groups is 1. The Morgan fingerprint density at radius 1 is 1.21 bits per heavy atom. The fourth-order valence-corrected chi connectivity index (χ4v) is 1.10. The normalized spacial score (nSPS) is 9.64. The summed E-state index contributed by atoms with van der Waals surface area (Å²) in [7, 11) is 0. The summed E-state index contributed by atoms with van der Waals surface area (Å²) in [5, 5.41) is 8.50. The summed E-state index contributed by atoms with van der Waals surface area (Å²) in [4.78, 5) is 10.9. The highest BCUT2D eigenvalue weighted by Crippen LogP contribution is 2.05. The van der Waals surface area contributed by atoms with Crippen LogP contribution in [0.1, 0.15) is 25.7 Å². The van der Waals surface area contributed by atoms with Gasteiger partial charge in [-0.2, -0.15) is 0 Å². The molecule has 0 saturated heterocycles. The number of hydrogen-bond donors (Lipinski definition) is 3. The van der Waals surface area contributed by atoms with Gasteiger partial charge in [0, 0.05) is 16.9 Å². The highest BCUT2D eigenvalue weighted by molar-refractivity contribution is 8.05. The van der Waals surface area contributed by atoms with Crippen molar-refractivity contribution in [3.05, 3.63) is 10.3 Å². The second kappa shape index (κ2) is 9.43. The molecule has 3 nitrogen and oxygen atoms in total. The third-order valence-electron chi connectivity index (χ3n) is 1.54. The number of hydrogen-bond acceptors (Lipinski definition) is 5. The summed E-state index contributed by atoms with van der Waals surface area (Å²) < 4.78 is 5.20. The van der Waals surface area contributed by atoms with Crippen molar-refractivity contribution in [1.82, 2.24) is 0 Å². The van der Waals surface area contributed by atoms with Crippen LogP contribution in [0.15, 0.2) is 10.3 Å². The standard InChI is InChI=1S/C9H16O3S2/c10-5-3-1-2-4-6-12-8(11)7-9(13)14/h7,10,13-14H,1-6H2. The maximum atomic E-state index is 10.9. The molecule has 0 saturated carbocycles. The minimum Gasteiger partial charge on any atom is -0.462 e. The number of aliphatic hydroxyl groups excluding tert-OH is 1. The lowest BCUT2D eigenvalue weighted by Crippen LogP contribution is -2.02. The van der Waals surface area contributed by atoms with Crippen LogP contribution in [0, 0.1) is 0 Å². The van der Waals surface area contributed by atoms with Gasteiger partial charge in [-0.05, 0) is 19.3 Å². The summed E-state index contributed by atoms with van der Waals surface area (Å²) in [5.41, 5.74) is 0. The lowest BCUT2D eigenvalue weighted by molar-refractivity contribution is -0.137. The molecule has 0 bridgehead atoms. The van der Waals surface area contributed by atoms with E-state index in [2.05, 4.69) is 25.3 Å². The Hall–Kier alpha value is -0.130. The molecule has 0 atom stereocenters. The second-order valence-corrected chi connectivity index (χ2v) is 4.12. The average Bonchev–Trinajstić information content (AvgIpc) is 2.10. The van der Waals surface area contributed by atoms with Crippen molar-refractivity contribution in [2.75, 3.05) is 13.2 Å². The van der Waals surface area contributed by atoms with Gasteiger partial charge in [-0.25, -0.2) is 4.79 Å². The first-order chi connectivity index (χ1) is 6.66. The van der Waals surface area contributed by atoms with Crippen molar-refractivity contribution in [3.8, 4) is 0 Å². The molecule has 0 aliphatic rings. The molecule has 1 N–H and O–H groups in total. The van der Waals surface area contributed by atoms with Crippen LogP contribution in [0.4, 0.5) is 0 Å². The first-order valence-electron chi connectivity index (χ1n) is 4.54. The highest BCUT2D eigenvalue weighted by atomic mass is 32.2. The zero-order chi connectivity index (χ0) is 10.8. The molecule has 0 amide bonds. The third-order valence-corrected chi connectivity index (χ3v) is 1.80. The van der Waals surface area contributed by atoms with Crippen molar-refractivity contribution in [2.24, 2.45) is 0 Å². The van der Waals surface area contributed by atoms with Crippen molar-refractivity contribution in [1.29, 1.82) is 0 Å². The Kier molecular flexibility index (Phi) is 9.34. The monoisotopic (exact) mass is 236 g/mol. The fraction of sp³-hybridized carbons (Fsp3) is 0.667. The molecule has 0 aliphatic carbocycles. The Labute approximate surface area is 95.3 Å². The zero-order valence-electron chi connectivity index (χ0n) is 7.98. The smallest absolute Gasteiger partial charge is 0.332 e. The number of esters is 1. The SMILES string of the molecule is O=C(C=C(S)S)OCCCCCCO. The van der Waals surface area contributed by atoms with Gasteiger partial charge in [0.15, 0.2) is 0 Å². The molecule has 5 heteroatoms. The molecule has 0 spiro atoms. The molecule has 0 radical (unpaired) electrons. The Bertz CT molecular complexity index is 188. The number of thiol groups is 2. The van der Waals surface area contributed by atoms with Crippen LogP contribution in [-0.2, 0) is 9.53 Å². The second-order valence-electron chi connectivity index (χ2n) is 2.81. The van der Waals surface area contributed by atoms with E-state index in [1.807, 2.05) is 0 Å². The van der Waals surface area contributed by atoms with E-state index in [9.17, 15) is 4.79 Å². The van der Waals surface area contributed by atoms with E-state index >= 15 is 0 Å². The van der Waals surface area contributed by atoms with Crippen molar-refractivity contribution in [2.45, 2.75) is 25.7 Å². The largest absolute Gasteiger partial charge is 0.462 e. The zero-order valence-corrected chi connectivity index (χ0v) is 9.77. The summed E-state index contributed by atoms with van der Waals surface area (Å²) in [6.07, 6.45) is 4.79. The van der Waals surface area contributed by atoms with E-state index in [0.29, 0.717) is 10.8 Å². The van der Waals surface area contributed by atoms with Crippen LogP contribution in [0.25, 0.3) is 0 Å². The quantitative estimate of drug-likeness (QED) is 0.273.